The average Bonchev–Trinajstić information content (AvgIpc) is 3.27. The molecule has 0 aliphatic carbocycles. The molecule has 0 bridgehead atoms. The van der Waals surface area contributed by atoms with E-state index in [4.69, 9.17) is 16.3 Å². The fourth-order valence-corrected chi connectivity index (χ4v) is 5.47. The Kier molecular flexibility index (Phi) is 7.01. The molecule has 0 aromatic heterocycles. The zero-order valence-electron chi connectivity index (χ0n) is 20.4. The molecule has 2 aromatic carbocycles. The van der Waals surface area contributed by atoms with Crippen molar-refractivity contribution in [3.05, 3.63) is 70.7 Å². The van der Waals surface area contributed by atoms with Crippen LogP contribution in [0.2, 0.25) is 5.02 Å². The lowest BCUT2D eigenvalue weighted by atomic mass is 9.96. The van der Waals surface area contributed by atoms with Crippen LogP contribution in [0.4, 0.5) is 0 Å². The van der Waals surface area contributed by atoms with Crippen molar-refractivity contribution in [2.75, 3.05) is 52.9 Å². The molecule has 0 radical (unpaired) electrons. The van der Waals surface area contributed by atoms with Crippen LogP contribution in [0.15, 0.2) is 54.6 Å². The monoisotopic (exact) mass is 510 g/mol. The second kappa shape index (κ2) is 10.2. The second-order valence-electron chi connectivity index (χ2n) is 9.74. The van der Waals surface area contributed by atoms with Crippen molar-refractivity contribution >= 4 is 29.3 Å². The SMILES string of the molecule is CN1CCN(C(=O)[C@H]2COC3(CCN(C(=O)c4ccc(Cl)cc4)CC3)N2C(=O)c2ccccc2)CC1. The molecule has 0 N–H and O–H groups in total. The van der Waals surface area contributed by atoms with Crippen LogP contribution < -0.4 is 0 Å². The lowest BCUT2D eigenvalue weighted by Crippen LogP contribution is -2.61. The van der Waals surface area contributed by atoms with E-state index in [1.54, 1.807) is 46.2 Å². The number of carbonyl (C=O) groups is 3. The van der Waals surface area contributed by atoms with Gasteiger partial charge < -0.3 is 19.4 Å². The summed E-state index contributed by atoms with van der Waals surface area (Å²) < 4.78 is 6.32. The van der Waals surface area contributed by atoms with Gasteiger partial charge in [-0.2, -0.15) is 0 Å². The minimum atomic E-state index is -0.920. The summed E-state index contributed by atoms with van der Waals surface area (Å²) in [4.78, 5) is 48.0. The average molecular weight is 511 g/mol. The van der Waals surface area contributed by atoms with E-state index in [-0.39, 0.29) is 24.3 Å². The Morgan fingerprint density at radius 1 is 0.806 bits per heavy atom. The number of piperidine rings is 1. The van der Waals surface area contributed by atoms with E-state index in [0.29, 0.717) is 55.2 Å². The van der Waals surface area contributed by atoms with E-state index < -0.39 is 11.8 Å². The molecule has 3 amide bonds. The summed E-state index contributed by atoms with van der Waals surface area (Å²) in [6, 6.07) is 15.2. The lowest BCUT2D eigenvalue weighted by molar-refractivity contribution is -0.139. The molecule has 8 nitrogen and oxygen atoms in total. The Morgan fingerprint density at radius 3 is 2.06 bits per heavy atom. The number of hydrogen-bond acceptors (Lipinski definition) is 5. The van der Waals surface area contributed by atoms with Crippen molar-refractivity contribution in [3.8, 4) is 0 Å². The molecule has 9 heteroatoms. The fraction of sp³-hybridized carbons (Fsp3) is 0.444. The minimum absolute atomic E-state index is 0.0658. The standard InChI is InChI=1S/C27H31ClN4O4/c1-29-15-17-31(18-16-29)26(35)23-19-36-27(32(23)25(34)20-5-3-2-4-6-20)11-13-30(14-12-27)24(33)21-7-9-22(28)10-8-21/h2-10,23H,11-19H2,1H3/t23-/m1/s1. The maximum atomic E-state index is 13.8. The first-order chi connectivity index (χ1) is 17.4. The van der Waals surface area contributed by atoms with Crippen LogP contribution in [0.25, 0.3) is 0 Å². The number of rotatable bonds is 3. The molecule has 1 atom stereocenters. The van der Waals surface area contributed by atoms with Crippen LogP contribution in [0, 0.1) is 0 Å². The Balaban J connectivity index is 1.37. The molecular weight excluding hydrogens is 480 g/mol. The van der Waals surface area contributed by atoms with Crippen molar-refractivity contribution in [2.45, 2.75) is 24.6 Å². The number of hydrogen-bond donors (Lipinski definition) is 0. The molecular formula is C27H31ClN4O4. The molecule has 36 heavy (non-hydrogen) atoms. The summed E-state index contributed by atoms with van der Waals surface area (Å²) >= 11 is 5.97. The van der Waals surface area contributed by atoms with E-state index >= 15 is 0 Å². The zero-order chi connectivity index (χ0) is 25.3. The van der Waals surface area contributed by atoms with Gasteiger partial charge in [0.15, 0.2) is 0 Å². The van der Waals surface area contributed by atoms with Gasteiger partial charge in [-0.25, -0.2) is 0 Å². The maximum Gasteiger partial charge on any atom is 0.256 e. The first-order valence-electron chi connectivity index (χ1n) is 12.4. The summed E-state index contributed by atoms with van der Waals surface area (Å²) in [6.07, 6.45) is 0.884. The highest BCUT2D eigenvalue weighted by atomic mass is 35.5. The van der Waals surface area contributed by atoms with Crippen molar-refractivity contribution in [1.29, 1.82) is 0 Å². The van der Waals surface area contributed by atoms with Gasteiger partial charge in [-0.3, -0.25) is 19.3 Å². The molecule has 190 valence electrons. The fourth-order valence-electron chi connectivity index (χ4n) is 5.35. The first kappa shape index (κ1) is 24.7. The van der Waals surface area contributed by atoms with E-state index in [1.807, 2.05) is 30.1 Å². The summed E-state index contributed by atoms with van der Waals surface area (Å²) in [7, 11) is 2.04. The molecule has 2 aromatic rings. The number of likely N-dealkylation sites (tertiary alicyclic amines) is 1. The normalized spacial score (nSPS) is 22.2. The van der Waals surface area contributed by atoms with Crippen molar-refractivity contribution in [3.63, 3.8) is 0 Å². The number of halogens is 1. The number of carbonyl (C=O) groups excluding carboxylic acids is 3. The summed E-state index contributed by atoms with van der Waals surface area (Å²) in [6.45, 7) is 3.89. The third-order valence-electron chi connectivity index (χ3n) is 7.52. The predicted octanol–water partition coefficient (Wildman–Crippen LogP) is 2.59. The third kappa shape index (κ3) is 4.73. The number of ether oxygens (including phenoxy) is 1. The topological polar surface area (TPSA) is 73.4 Å². The minimum Gasteiger partial charge on any atom is -0.353 e. The molecule has 3 saturated heterocycles. The molecule has 0 saturated carbocycles. The molecule has 1 spiro atoms. The van der Waals surface area contributed by atoms with Crippen molar-refractivity contribution < 1.29 is 19.1 Å². The number of benzene rings is 2. The Morgan fingerprint density at radius 2 is 1.42 bits per heavy atom. The van der Waals surface area contributed by atoms with E-state index in [0.717, 1.165) is 13.1 Å². The van der Waals surface area contributed by atoms with Gasteiger partial charge in [0.1, 0.15) is 11.8 Å². The largest absolute Gasteiger partial charge is 0.353 e. The Labute approximate surface area is 216 Å². The smallest absolute Gasteiger partial charge is 0.256 e. The molecule has 3 aliphatic heterocycles. The van der Waals surface area contributed by atoms with Crippen LogP contribution in [-0.2, 0) is 9.53 Å². The second-order valence-corrected chi connectivity index (χ2v) is 10.2. The molecule has 3 heterocycles. The van der Waals surface area contributed by atoms with Gasteiger partial charge in [-0.1, -0.05) is 29.8 Å². The van der Waals surface area contributed by atoms with Crippen LogP contribution >= 0.6 is 11.6 Å². The highest BCUT2D eigenvalue weighted by Gasteiger charge is 2.55. The van der Waals surface area contributed by atoms with E-state index in [9.17, 15) is 14.4 Å². The van der Waals surface area contributed by atoms with E-state index in [2.05, 4.69) is 4.90 Å². The number of nitrogens with zero attached hydrogens (tertiary/aromatic N) is 4. The van der Waals surface area contributed by atoms with Gasteiger partial charge in [0, 0.05) is 68.3 Å². The highest BCUT2D eigenvalue weighted by Crippen LogP contribution is 2.39. The Bertz CT molecular complexity index is 1110. The quantitative estimate of drug-likeness (QED) is 0.634. The van der Waals surface area contributed by atoms with Gasteiger partial charge in [0.25, 0.3) is 11.8 Å². The van der Waals surface area contributed by atoms with Crippen LogP contribution in [-0.4, -0.2) is 102 Å². The zero-order valence-corrected chi connectivity index (χ0v) is 21.2. The van der Waals surface area contributed by atoms with Crippen LogP contribution in [0.1, 0.15) is 33.6 Å². The van der Waals surface area contributed by atoms with Gasteiger partial charge in [0.05, 0.1) is 6.61 Å². The van der Waals surface area contributed by atoms with Crippen molar-refractivity contribution in [2.24, 2.45) is 0 Å². The Hall–Kier alpha value is -2.94. The molecule has 5 rings (SSSR count). The molecule has 3 aliphatic rings. The van der Waals surface area contributed by atoms with Crippen LogP contribution in [0.3, 0.4) is 0 Å². The van der Waals surface area contributed by atoms with Gasteiger partial charge in [-0.15, -0.1) is 0 Å². The van der Waals surface area contributed by atoms with E-state index in [1.165, 1.54) is 0 Å². The third-order valence-corrected chi connectivity index (χ3v) is 7.78. The summed E-state index contributed by atoms with van der Waals surface area (Å²) in [5.74, 6) is -0.354. The molecule has 0 unspecified atom stereocenters. The molecule has 3 fully saturated rings. The first-order valence-corrected chi connectivity index (χ1v) is 12.8. The lowest BCUT2D eigenvalue weighted by Gasteiger charge is -2.45. The predicted molar refractivity (Wildman–Crippen MR) is 136 cm³/mol. The van der Waals surface area contributed by atoms with Gasteiger partial charge in [0.2, 0.25) is 5.91 Å². The summed E-state index contributed by atoms with van der Waals surface area (Å²) in [5.41, 5.74) is 0.178. The van der Waals surface area contributed by atoms with Gasteiger partial charge in [-0.05, 0) is 43.4 Å². The number of likely N-dealkylation sites (N-methyl/N-ethyl adjacent to an activating group) is 1. The highest BCUT2D eigenvalue weighted by molar-refractivity contribution is 6.30. The van der Waals surface area contributed by atoms with Gasteiger partial charge >= 0.3 is 0 Å². The maximum absolute atomic E-state index is 13.8. The number of amides is 3. The van der Waals surface area contributed by atoms with Crippen molar-refractivity contribution in [1.82, 2.24) is 19.6 Å². The van der Waals surface area contributed by atoms with Crippen LogP contribution in [0.5, 0.6) is 0 Å². The summed E-state index contributed by atoms with van der Waals surface area (Å²) in [5, 5.41) is 0.578. The number of piperazine rings is 1.